The molecule has 9 heteroatoms. The highest BCUT2D eigenvalue weighted by molar-refractivity contribution is 9.10. The van der Waals surface area contributed by atoms with Crippen molar-refractivity contribution in [3.05, 3.63) is 33.7 Å². The number of H-pyrrole nitrogens is 1. The van der Waals surface area contributed by atoms with Gasteiger partial charge in [0, 0.05) is 18.6 Å². The van der Waals surface area contributed by atoms with Gasteiger partial charge in [0.05, 0.1) is 12.3 Å². The largest absolute Gasteiger partial charge is 0.271 e. The third-order valence-electron chi connectivity index (χ3n) is 1.77. The minimum atomic E-state index is -2.89. The summed E-state index contributed by atoms with van der Waals surface area (Å²) < 4.78 is 24.7. The molecule has 6 nitrogen and oxygen atoms in total. The highest BCUT2D eigenvalue weighted by Gasteiger charge is 2.02. The van der Waals surface area contributed by atoms with Gasteiger partial charge in [-0.05, 0) is 44.0 Å². The zero-order valence-electron chi connectivity index (χ0n) is 9.55. The van der Waals surface area contributed by atoms with Gasteiger partial charge in [-0.15, -0.1) is 0 Å². The van der Waals surface area contributed by atoms with Gasteiger partial charge in [-0.2, -0.15) is 10.2 Å². The Hall–Kier alpha value is -0.670. The highest BCUT2D eigenvalue weighted by atomic mass is 79.9. The Morgan fingerprint density at radius 3 is 2.44 bits per heavy atom. The second kappa shape index (κ2) is 7.05. The predicted octanol–water partition coefficient (Wildman–Crippen LogP) is 1.86. The monoisotopic (exact) mass is 398 g/mol. The first-order valence-corrected chi connectivity index (χ1v) is 8.53. The van der Waals surface area contributed by atoms with Crippen LogP contribution in [0.25, 0.3) is 0 Å². The number of nitrogens with one attached hydrogen (secondary N) is 1. The lowest BCUT2D eigenvalue weighted by atomic mass is 10.7. The Balaban J connectivity index is 0.000000225. The number of halogens is 2. The van der Waals surface area contributed by atoms with Crippen LogP contribution in [0.1, 0.15) is 0 Å². The molecule has 0 aromatic carbocycles. The maximum atomic E-state index is 10.8. The summed E-state index contributed by atoms with van der Waals surface area (Å²) in [5.74, 6) is 0.126. The van der Waals surface area contributed by atoms with Crippen LogP contribution in [-0.4, -0.2) is 40.4 Å². The normalized spacial score (nSPS) is 10.8. The van der Waals surface area contributed by atoms with Gasteiger partial charge in [-0.25, -0.2) is 8.42 Å². The molecule has 0 bridgehead atoms. The molecule has 2 aromatic heterocycles. The van der Waals surface area contributed by atoms with Crippen LogP contribution >= 0.6 is 31.9 Å². The maximum absolute atomic E-state index is 10.8. The summed E-state index contributed by atoms with van der Waals surface area (Å²) >= 11 is 6.33. The molecule has 0 spiro atoms. The second-order valence-electron chi connectivity index (χ2n) is 3.44. The Morgan fingerprint density at radius 1 is 1.39 bits per heavy atom. The fourth-order valence-corrected chi connectivity index (χ4v) is 2.02. The molecule has 0 fully saturated rings. The first kappa shape index (κ1) is 15.4. The van der Waals surface area contributed by atoms with Gasteiger partial charge in [0.1, 0.15) is 19.0 Å². The molecule has 100 valence electrons. The summed E-state index contributed by atoms with van der Waals surface area (Å²) in [5.41, 5.74) is 0. The Morgan fingerprint density at radius 2 is 2.11 bits per heavy atom. The summed E-state index contributed by atoms with van der Waals surface area (Å²) in [7, 11) is -2.89. The van der Waals surface area contributed by atoms with Crippen molar-refractivity contribution >= 4 is 41.7 Å². The summed E-state index contributed by atoms with van der Waals surface area (Å²) in [6.45, 7) is 0.407. The fourth-order valence-electron chi connectivity index (χ4n) is 0.960. The van der Waals surface area contributed by atoms with Crippen LogP contribution in [0.3, 0.4) is 0 Å². The van der Waals surface area contributed by atoms with Gasteiger partial charge in [-0.3, -0.25) is 9.78 Å². The Kier molecular flexibility index (Phi) is 6.03. The van der Waals surface area contributed by atoms with Gasteiger partial charge in [0.25, 0.3) is 0 Å². The number of hydrogen-bond donors (Lipinski definition) is 1. The third kappa shape index (κ3) is 6.92. The first-order valence-electron chi connectivity index (χ1n) is 4.88. The van der Waals surface area contributed by atoms with Crippen LogP contribution in [0.15, 0.2) is 33.7 Å². The van der Waals surface area contributed by atoms with Crippen molar-refractivity contribution in [1.29, 1.82) is 0 Å². The van der Waals surface area contributed by atoms with E-state index in [1.165, 1.54) is 6.26 Å². The number of aromatic amines is 1. The smallest absolute Gasteiger partial charge is 0.149 e. The molecule has 0 atom stereocenters. The lowest BCUT2D eigenvalue weighted by Gasteiger charge is -1.98. The van der Waals surface area contributed by atoms with Gasteiger partial charge in [0.15, 0.2) is 0 Å². The topological polar surface area (TPSA) is 80.6 Å². The SMILES string of the molecule is Brc1ccn[nH]1.CS(=O)(=O)CCn1ccc(Br)n1. The van der Waals surface area contributed by atoms with E-state index >= 15 is 0 Å². The molecule has 18 heavy (non-hydrogen) atoms. The van der Waals surface area contributed by atoms with Crippen molar-refractivity contribution in [1.82, 2.24) is 20.0 Å². The Bertz CT molecular complexity index is 565. The van der Waals surface area contributed by atoms with Crippen LogP contribution in [-0.2, 0) is 16.4 Å². The van der Waals surface area contributed by atoms with Crippen molar-refractivity contribution in [2.45, 2.75) is 6.54 Å². The maximum Gasteiger partial charge on any atom is 0.149 e. The van der Waals surface area contributed by atoms with Crippen molar-refractivity contribution in [2.75, 3.05) is 12.0 Å². The number of aryl methyl sites for hydroxylation is 1. The van der Waals surface area contributed by atoms with Gasteiger partial charge in [-0.1, -0.05) is 0 Å². The minimum absolute atomic E-state index is 0.126. The third-order valence-corrected chi connectivity index (χ3v) is 3.55. The molecule has 1 N–H and O–H groups in total. The number of sulfone groups is 1. The Labute approximate surface area is 122 Å². The molecule has 2 heterocycles. The molecule has 0 radical (unpaired) electrons. The molecule has 0 aliphatic rings. The molecule has 0 aliphatic heterocycles. The van der Waals surface area contributed by atoms with Gasteiger partial charge in [0.2, 0.25) is 0 Å². The zero-order chi connectivity index (χ0) is 13.6. The predicted molar refractivity (Wildman–Crippen MR) is 75.9 cm³/mol. The van der Waals surface area contributed by atoms with Gasteiger partial charge >= 0.3 is 0 Å². The van der Waals surface area contributed by atoms with E-state index in [0.29, 0.717) is 6.54 Å². The van der Waals surface area contributed by atoms with Crippen molar-refractivity contribution in [3.63, 3.8) is 0 Å². The summed E-state index contributed by atoms with van der Waals surface area (Å²) in [5, 5.41) is 10.3. The van der Waals surface area contributed by atoms with Crippen LogP contribution < -0.4 is 0 Å². The molecule has 2 rings (SSSR count). The summed E-state index contributed by atoms with van der Waals surface area (Å²) in [6.07, 6.45) is 4.63. The average Bonchev–Trinajstić information content (AvgIpc) is 2.87. The van der Waals surface area contributed by atoms with Crippen LogP contribution in [0.5, 0.6) is 0 Å². The van der Waals surface area contributed by atoms with Crippen molar-refractivity contribution < 1.29 is 8.42 Å². The van der Waals surface area contributed by atoms with Gasteiger partial charge < -0.3 is 0 Å². The molecular weight excluding hydrogens is 388 g/mol. The fraction of sp³-hybridized carbons (Fsp3) is 0.333. The summed E-state index contributed by atoms with van der Waals surface area (Å²) in [6, 6.07) is 3.60. The molecule has 0 saturated heterocycles. The molecule has 0 saturated carbocycles. The lowest BCUT2D eigenvalue weighted by Crippen LogP contribution is -2.11. The molecule has 0 unspecified atom stereocenters. The zero-order valence-corrected chi connectivity index (χ0v) is 13.5. The van der Waals surface area contributed by atoms with Crippen LogP contribution in [0, 0.1) is 0 Å². The lowest BCUT2D eigenvalue weighted by molar-refractivity contribution is 0.585. The van der Waals surface area contributed by atoms with E-state index < -0.39 is 9.84 Å². The highest BCUT2D eigenvalue weighted by Crippen LogP contribution is 2.03. The number of rotatable bonds is 3. The number of aromatic nitrogens is 4. The van der Waals surface area contributed by atoms with E-state index in [1.807, 2.05) is 6.07 Å². The minimum Gasteiger partial charge on any atom is -0.271 e. The molecule has 2 aromatic rings. The van der Waals surface area contributed by atoms with E-state index in [2.05, 4.69) is 47.2 Å². The molecular formula is C9H12Br2N4O2S. The van der Waals surface area contributed by atoms with Crippen molar-refractivity contribution in [2.24, 2.45) is 0 Å². The molecule has 0 amide bonds. The molecule has 0 aliphatic carbocycles. The standard InChI is InChI=1S/C6H9BrN2O2S.C3H3BrN2/c1-12(10,11)5-4-9-3-2-6(7)8-9;4-3-1-2-5-6-3/h2-3H,4-5H2,1H3;1-2H,(H,5,6). The number of hydrogen-bond acceptors (Lipinski definition) is 4. The summed E-state index contributed by atoms with van der Waals surface area (Å²) in [4.78, 5) is 0. The van der Waals surface area contributed by atoms with E-state index in [9.17, 15) is 8.42 Å². The van der Waals surface area contributed by atoms with Crippen molar-refractivity contribution in [3.8, 4) is 0 Å². The average molecular weight is 400 g/mol. The van der Waals surface area contributed by atoms with Crippen LogP contribution in [0.4, 0.5) is 0 Å². The van der Waals surface area contributed by atoms with E-state index in [-0.39, 0.29) is 5.75 Å². The van der Waals surface area contributed by atoms with E-state index in [0.717, 1.165) is 9.21 Å². The quantitative estimate of drug-likeness (QED) is 0.853. The second-order valence-corrected chi connectivity index (χ2v) is 7.36. The van der Waals surface area contributed by atoms with E-state index in [1.54, 1.807) is 23.1 Å². The first-order chi connectivity index (χ1) is 8.37. The van der Waals surface area contributed by atoms with E-state index in [4.69, 9.17) is 0 Å². The van der Waals surface area contributed by atoms with Crippen LogP contribution in [0.2, 0.25) is 0 Å². The number of nitrogens with zero attached hydrogens (tertiary/aromatic N) is 3.